The number of carbonyl (C=O) groups excluding carboxylic acids is 1. The van der Waals surface area contributed by atoms with E-state index in [1.54, 1.807) is 12.1 Å². The van der Waals surface area contributed by atoms with Crippen LogP contribution in [-0.4, -0.2) is 36.6 Å². The van der Waals surface area contributed by atoms with Crippen LogP contribution in [0.5, 0.6) is 0 Å². The van der Waals surface area contributed by atoms with Gasteiger partial charge in [0.15, 0.2) is 0 Å². The summed E-state index contributed by atoms with van der Waals surface area (Å²) in [5.41, 5.74) is 1.94. The number of nitro groups is 1. The number of nitro benzene ring substituents is 1. The maximum atomic E-state index is 12.1. The molecular formula is C17H19N3O4. The molecule has 0 spiro atoms. The average Bonchev–Trinajstić information content (AvgIpc) is 2.59. The molecule has 126 valence electrons. The van der Waals surface area contributed by atoms with Crippen molar-refractivity contribution < 1.29 is 14.8 Å². The second-order valence-corrected chi connectivity index (χ2v) is 5.52. The fourth-order valence-corrected chi connectivity index (χ4v) is 2.14. The molecule has 0 heterocycles. The van der Waals surface area contributed by atoms with Crippen LogP contribution in [0.3, 0.4) is 0 Å². The molecular weight excluding hydrogens is 310 g/mol. The molecule has 0 aliphatic heterocycles. The van der Waals surface area contributed by atoms with Crippen LogP contribution in [0.15, 0.2) is 48.5 Å². The number of benzene rings is 2. The number of hydrogen-bond donors (Lipinski definition) is 2. The highest BCUT2D eigenvalue weighted by atomic mass is 16.6. The van der Waals surface area contributed by atoms with Gasteiger partial charge in [0, 0.05) is 44.0 Å². The molecule has 1 atom stereocenters. The smallest absolute Gasteiger partial charge is 0.269 e. The molecule has 2 aromatic rings. The lowest BCUT2D eigenvalue weighted by Crippen LogP contribution is -2.28. The normalized spacial score (nSPS) is 11.6. The summed E-state index contributed by atoms with van der Waals surface area (Å²) in [6, 6.07) is 12.7. The fraction of sp³-hybridized carbons (Fsp3) is 0.235. The van der Waals surface area contributed by atoms with Gasteiger partial charge in [0.1, 0.15) is 0 Å². The molecule has 24 heavy (non-hydrogen) atoms. The Balaban J connectivity index is 1.94. The van der Waals surface area contributed by atoms with E-state index in [0.29, 0.717) is 11.1 Å². The van der Waals surface area contributed by atoms with Crippen LogP contribution in [-0.2, 0) is 0 Å². The Morgan fingerprint density at radius 2 is 1.75 bits per heavy atom. The van der Waals surface area contributed by atoms with Gasteiger partial charge in [0.05, 0.1) is 11.0 Å². The van der Waals surface area contributed by atoms with Gasteiger partial charge in [0.25, 0.3) is 11.6 Å². The summed E-state index contributed by atoms with van der Waals surface area (Å²) in [4.78, 5) is 24.1. The third-order valence-corrected chi connectivity index (χ3v) is 3.59. The molecule has 0 saturated carbocycles. The van der Waals surface area contributed by atoms with E-state index in [0.717, 1.165) is 5.69 Å². The largest absolute Gasteiger partial charge is 0.387 e. The standard InChI is InChI=1S/C17H19N3O4/c1-19(2)14-7-5-13(6-8-14)17(22)18-11-16(21)12-3-9-15(10-4-12)20(23)24/h3-10,16,21H,11H2,1-2H3,(H,18,22)/t16-/m1/s1. The number of amides is 1. The van der Waals surface area contributed by atoms with Gasteiger partial charge < -0.3 is 15.3 Å². The Hall–Kier alpha value is -2.93. The summed E-state index contributed by atoms with van der Waals surface area (Å²) in [5.74, 6) is -0.290. The van der Waals surface area contributed by atoms with Crippen molar-refractivity contribution in [2.75, 3.05) is 25.5 Å². The van der Waals surface area contributed by atoms with Gasteiger partial charge in [-0.1, -0.05) is 0 Å². The van der Waals surface area contributed by atoms with E-state index in [1.165, 1.54) is 24.3 Å². The van der Waals surface area contributed by atoms with Crippen LogP contribution in [0.4, 0.5) is 11.4 Å². The van der Waals surface area contributed by atoms with Crippen molar-refractivity contribution in [1.29, 1.82) is 0 Å². The van der Waals surface area contributed by atoms with Crippen molar-refractivity contribution in [2.45, 2.75) is 6.10 Å². The number of hydrogen-bond acceptors (Lipinski definition) is 5. The van der Waals surface area contributed by atoms with E-state index in [1.807, 2.05) is 31.1 Å². The summed E-state index contributed by atoms with van der Waals surface area (Å²) in [7, 11) is 3.82. The molecule has 0 fully saturated rings. The van der Waals surface area contributed by atoms with Crippen LogP contribution >= 0.6 is 0 Å². The summed E-state index contributed by atoms with van der Waals surface area (Å²) in [6.07, 6.45) is -0.934. The van der Waals surface area contributed by atoms with Crippen LogP contribution in [0.2, 0.25) is 0 Å². The third kappa shape index (κ3) is 4.30. The van der Waals surface area contributed by atoms with E-state index in [9.17, 15) is 20.0 Å². The SMILES string of the molecule is CN(C)c1ccc(C(=O)NC[C@@H](O)c2ccc([N+](=O)[O-])cc2)cc1. The highest BCUT2D eigenvalue weighted by Gasteiger charge is 2.13. The van der Waals surface area contributed by atoms with Crippen molar-refractivity contribution in [3.05, 3.63) is 69.8 Å². The van der Waals surface area contributed by atoms with Gasteiger partial charge in [-0.15, -0.1) is 0 Å². The Labute approximate surface area is 139 Å². The minimum absolute atomic E-state index is 0.0199. The van der Waals surface area contributed by atoms with Crippen molar-refractivity contribution >= 4 is 17.3 Å². The molecule has 0 aliphatic rings. The Morgan fingerprint density at radius 3 is 2.25 bits per heavy atom. The first-order valence-electron chi connectivity index (χ1n) is 7.36. The van der Waals surface area contributed by atoms with Crippen molar-refractivity contribution in [3.63, 3.8) is 0 Å². The number of non-ortho nitro benzene ring substituents is 1. The zero-order chi connectivity index (χ0) is 17.7. The molecule has 7 heteroatoms. The minimum atomic E-state index is -0.934. The summed E-state index contributed by atoms with van der Waals surface area (Å²) < 4.78 is 0. The van der Waals surface area contributed by atoms with E-state index < -0.39 is 11.0 Å². The van der Waals surface area contributed by atoms with Crippen molar-refractivity contribution in [2.24, 2.45) is 0 Å². The predicted octanol–water partition coefficient (Wildman–Crippen LogP) is 2.12. The monoisotopic (exact) mass is 329 g/mol. The molecule has 2 N–H and O–H groups in total. The molecule has 0 aromatic heterocycles. The molecule has 1 amide bonds. The molecule has 7 nitrogen and oxygen atoms in total. The fourth-order valence-electron chi connectivity index (χ4n) is 2.14. The first-order chi connectivity index (χ1) is 11.4. The number of nitrogens with one attached hydrogen (secondary N) is 1. The molecule has 2 aromatic carbocycles. The van der Waals surface area contributed by atoms with Gasteiger partial charge in [-0.05, 0) is 42.0 Å². The number of aliphatic hydroxyl groups is 1. The maximum Gasteiger partial charge on any atom is 0.269 e. The molecule has 2 rings (SSSR count). The van der Waals surface area contributed by atoms with E-state index in [2.05, 4.69) is 5.32 Å². The molecule has 0 radical (unpaired) electrons. The van der Waals surface area contributed by atoms with Crippen LogP contribution in [0.25, 0.3) is 0 Å². The highest BCUT2D eigenvalue weighted by molar-refractivity contribution is 5.94. The quantitative estimate of drug-likeness (QED) is 0.625. The number of carbonyl (C=O) groups is 1. The van der Waals surface area contributed by atoms with Gasteiger partial charge in [-0.25, -0.2) is 0 Å². The third-order valence-electron chi connectivity index (χ3n) is 3.59. The van der Waals surface area contributed by atoms with E-state index in [4.69, 9.17) is 0 Å². The molecule has 0 unspecified atom stereocenters. The van der Waals surface area contributed by atoms with Gasteiger partial charge >= 0.3 is 0 Å². The Bertz CT molecular complexity index is 712. The highest BCUT2D eigenvalue weighted by Crippen LogP contribution is 2.17. The molecule has 0 aliphatic carbocycles. The van der Waals surface area contributed by atoms with E-state index >= 15 is 0 Å². The lowest BCUT2D eigenvalue weighted by atomic mass is 10.1. The van der Waals surface area contributed by atoms with Crippen LogP contribution < -0.4 is 10.2 Å². The van der Waals surface area contributed by atoms with Crippen molar-refractivity contribution in [1.82, 2.24) is 5.32 Å². The second kappa shape index (κ2) is 7.56. The molecule has 0 saturated heterocycles. The zero-order valence-corrected chi connectivity index (χ0v) is 13.5. The summed E-state index contributed by atoms with van der Waals surface area (Å²) in [6.45, 7) is 0.0199. The summed E-state index contributed by atoms with van der Waals surface area (Å²) >= 11 is 0. The number of nitrogens with zero attached hydrogens (tertiary/aromatic N) is 2. The van der Waals surface area contributed by atoms with Gasteiger partial charge in [-0.3, -0.25) is 14.9 Å². The van der Waals surface area contributed by atoms with Crippen LogP contribution in [0.1, 0.15) is 22.0 Å². The Kier molecular flexibility index (Phi) is 5.49. The van der Waals surface area contributed by atoms with Gasteiger partial charge in [-0.2, -0.15) is 0 Å². The lowest BCUT2D eigenvalue weighted by molar-refractivity contribution is -0.384. The number of anilines is 1. The minimum Gasteiger partial charge on any atom is -0.387 e. The average molecular weight is 329 g/mol. The summed E-state index contributed by atoms with van der Waals surface area (Å²) in [5, 5.41) is 23.3. The number of rotatable bonds is 6. The predicted molar refractivity (Wildman–Crippen MR) is 91.2 cm³/mol. The van der Waals surface area contributed by atoms with Crippen LogP contribution in [0, 0.1) is 10.1 Å². The molecule has 0 bridgehead atoms. The van der Waals surface area contributed by atoms with Crippen molar-refractivity contribution in [3.8, 4) is 0 Å². The zero-order valence-electron chi connectivity index (χ0n) is 13.5. The number of aliphatic hydroxyl groups excluding tert-OH is 1. The maximum absolute atomic E-state index is 12.1. The topological polar surface area (TPSA) is 95.7 Å². The lowest BCUT2D eigenvalue weighted by Gasteiger charge is -2.14. The first kappa shape index (κ1) is 17.4. The first-order valence-corrected chi connectivity index (χ1v) is 7.36. The van der Waals surface area contributed by atoms with E-state index in [-0.39, 0.29) is 18.1 Å². The Morgan fingerprint density at radius 1 is 1.17 bits per heavy atom. The second-order valence-electron chi connectivity index (χ2n) is 5.52. The van der Waals surface area contributed by atoms with Gasteiger partial charge in [0.2, 0.25) is 0 Å².